The number of hydrogen-bond donors (Lipinski definition) is 0. The highest BCUT2D eigenvalue weighted by Crippen LogP contribution is 2.43. The van der Waals surface area contributed by atoms with Gasteiger partial charge in [0, 0.05) is 12.7 Å². The molecule has 0 saturated carbocycles. The molecular formula is C68H120O7Si5. The lowest BCUT2D eigenvalue weighted by Gasteiger charge is -2.45. The topological polar surface area (TPSA) is 64.6 Å². The number of hydrogen-bond acceptors (Lipinski definition) is 7. The Bertz CT molecular complexity index is 2220. The zero-order valence-electron chi connectivity index (χ0n) is 55.8. The van der Waals surface area contributed by atoms with E-state index in [1.165, 1.54) is 35.2 Å². The summed E-state index contributed by atoms with van der Waals surface area (Å²) in [6, 6.07) is 30.2. The Labute approximate surface area is 498 Å². The molecule has 80 heavy (non-hydrogen) atoms. The largest absolute Gasteiger partial charge is 0.497 e. The minimum Gasteiger partial charge on any atom is -0.497 e. The molecule has 0 aliphatic carbocycles. The fraction of sp³-hybridized carbons (Fsp3) is 0.676. The van der Waals surface area contributed by atoms with E-state index in [1.807, 2.05) is 12.1 Å². The molecule has 0 aliphatic heterocycles. The van der Waals surface area contributed by atoms with Crippen molar-refractivity contribution in [2.24, 2.45) is 0 Å². The minimum atomic E-state index is -2.80. The van der Waals surface area contributed by atoms with E-state index in [-0.39, 0.29) is 49.6 Å². The van der Waals surface area contributed by atoms with Gasteiger partial charge in [0.15, 0.2) is 33.3 Å². The van der Waals surface area contributed by atoms with E-state index < -0.39 is 41.6 Å². The summed E-state index contributed by atoms with van der Waals surface area (Å²) >= 11 is 0. The van der Waals surface area contributed by atoms with E-state index in [1.54, 1.807) is 7.11 Å². The van der Waals surface area contributed by atoms with Gasteiger partial charge < -0.3 is 31.6 Å². The second kappa shape index (κ2) is 30.7. The molecular weight excluding hydrogens is 1070 g/mol. The van der Waals surface area contributed by atoms with Gasteiger partial charge in [-0.05, 0) is 151 Å². The molecule has 4 atom stereocenters. The van der Waals surface area contributed by atoms with Crippen LogP contribution >= 0.6 is 0 Å². The van der Waals surface area contributed by atoms with Crippen LogP contribution < -0.4 is 15.1 Å². The molecule has 0 spiro atoms. The predicted molar refractivity (Wildman–Crippen MR) is 359 cm³/mol. The van der Waals surface area contributed by atoms with Gasteiger partial charge in [0.1, 0.15) is 5.75 Å². The van der Waals surface area contributed by atoms with Crippen molar-refractivity contribution < 1.29 is 31.6 Å². The number of benzene rings is 3. The lowest BCUT2D eigenvalue weighted by molar-refractivity contribution is 0.111. The maximum atomic E-state index is 7.61. The van der Waals surface area contributed by atoms with Crippen molar-refractivity contribution in [3.05, 3.63) is 115 Å². The van der Waals surface area contributed by atoms with Gasteiger partial charge >= 0.3 is 0 Å². The standard InChI is InChI=1S/C68H120O7Si5/c1-64(2,3)76(17,18)72-58(38-29-25-26-34-53-70-54-56-49-51-57(69-16)52-50-56)39-35-40-59(73-77(19,20)65(4,5)6)41-36-42-60(74-78(21,22)66(7,8)9)43-37-44-61(75-79(23,24)67(10,11)12)55-71-80(68(13,14)15,62-45-30-27-31-46-62)63-47-32-28-33-48-63/h27-28,30-33,36-37,41,43,45-52,58-61H,25-26,29,34-35,38-40,42,44,53-55H2,1-24H3/b41-36+,43-37+/t58-,59-,60-,61-/m1/s1. The summed E-state index contributed by atoms with van der Waals surface area (Å²) in [6.07, 6.45) is 19.8. The highest BCUT2D eigenvalue weighted by Gasteiger charge is 2.51. The van der Waals surface area contributed by atoms with Crippen molar-refractivity contribution >= 4 is 52.0 Å². The molecule has 0 fully saturated rings. The molecule has 3 aromatic carbocycles. The third-order valence-corrected chi connectivity index (χ3v) is 41.5. The van der Waals surface area contributed by atoms with Crippen LogP contribution in [0.1, 0.15) is 174 Å². The second-order valence-electron chi connectivity index (χ2n) is 30.2. The molecule has 0 unspecified atom stereocenters. The van der Waals surface area contributed by atoms with Gasteiger partial charge in [-0.2, -0.15) is 0 Å². The van der Waals surface area contributed by atoms with Gasteiger partial charge in [0.25, 0.3) is 8.32 Å². The van der Waals surface area contributed by atoms with Crippen molar-refractivity contribution in [3.63, 3.8) is 0 Å². The summed E-state index contributed by atoms with van der Waals surface area (Å²) in [5.41, 5.74) is 1.18. The number of unbranched alkanes of at least 4 members (excludes halogenated alkanes) is 3. The van der Waals surface area contributed by atoms with E-state index >= 15 is 0 Å². The van der Waals surface area contributed by atoms with Crippen LogP contribution in [0.25, 0.3) is 0 Å². The smallest absolute Gasteiger partial charge is 0.261 e. The number of rotatable bonds is 33. The summed E-state index contributed by atoms with van der Waals surface area (Å²) in [6.45, 7) is 56.3. The van der Waals surface area contributed by atoms with Gasteiger partial charge in [-0.1, -0.05) is 220 Å². The fourth-order valence-electron chi connectivity index (χ4n) is 9.18. The molecule has 0 aromatic heterocycles. The zero-order valence-corrected chi connectivity index (χ0v) is 60.8. The lowest BCUT2D eigenvalue weighted by atomic mass is 10.0. The van der Waals surface area contributed by atoms with Crippen LogP contribution in [0.2, 0.25) is 77.6 Å². The van der Waals surface area contributed by atoms with Crippen LogP contribution in [0.3, 0.4) is 0 Å². The van der Waals surface area contributed by atoms with E-state index in [0.29, 0.717) is 13.2 Å². The highest BCUT2D eigenvalue weighted by atomic mass is 28.4. The average Bonchev–Trinajstić information content (AvgIpc) is 3.37. The van der Waals surface area contributed by atoms with Gasteiger partial charge in [-0.25, -0.2) is 0 Å². The fourth-order valence-corrected chi connectivity index (χ4v) is 19.1. The van der Waals surface area contributed by atoms with Gasteiger partial charge in [0.05, 0.1) is 38.6 Å². The summed E-state index contributed by atoms with van der Waals surface area (Å²) in [7, 11) is -9.55. The summed E-state index contributed by atoms with van der Waals surface area (Å²) < 4.78 is 48.2. The zero-order chi connectivity index (χ0) is 60.5. The lowest BCUT2D eigenvalue weighted by Crippen LogP contribution is -2.67. The summed E-state index contributed by atoms with van der Waals surface area (Å²) in [5.74, 6) is 0.875. The Hall–Kier alpha value is -2.22. The highest BCUT2D eigenvalue weighted by molar-refractivity contribution is 6.99. The van der Waals surface area contributed by atoms with E-state index in [0.717, 1.165) is 57.3 Å². The Morgan fingerprint density at radius 2 is 0.850 bits per heavy atom. The normalized spacial score (nSPS) is 15.7. The second-order valence-corrected chi connectivity index (χ2v) is 53.5. The third kappa shape index (κ3) is 22.3. The average molecular weight is 1190 g/mol. The number of ether oxygens (including phenoxy) is 2. The molecule has 0 heterocycles. The predicted octanol–water partition coefficient (Wildman–Crippen LogP) is 19.4. The molecule has 0 bridgehead atoms. The van der Waals surface area contributed by atoms with E-state index in [2.05, 4.69) is 253 Å². The van der Waals surface area contributed by atoms with E-state index in [4.69, 9.17) is 31.6 Å². The maximum absolute atomic E-state index is 7.61. The molecule has 0 radical (unpaired) electrons. The molecule has 0 aliphatic rings. The van der Waals surface area contributed by atoms with E-state index in [9.17, 15) is 0 Å². The monoisotopic (exact) mass is 1190 g/mol. The Morgan fingerprint density at radius 3 is 1.32 bits per heavy atom. The first-order valence-corrected chi connectivity index (χ1v) is 44.3. The van der Waals surface area contributed by atoms with Crippen LogP contribution in [0.5, 0.6) is 5.75 Å². The van der Waals surface area contributed by atoms with Crippen LogP contribution in [0, 0.1) is 0 Å². The third-order valence-electron chi connectivity index (χ3n) is 18.4. The quantitative estimate of drug-likeness (QED) is 0.0342. The maximum Gasteiger partial charge on any atom is 0.261 e. The van der Waals surface area contributed by atoms with Crippen molar-refractivity contribution in [3.8, 4) is 5.75 Å². The van der Waals surface area contributed by atoms with Crippen molar-refractivity contribution in [2.45, 2.75) is 277 Å². The minimum absolute atomic E-state index is 0.0147. The summed E-state index contributed by atoms with van der Waals surface area (Å²) in [5, 5.41) is 2.79. The SMILES string of the molecule is COc1ccc(COCCCCCC[C@H](CCC[C@H](/C=C/C[C@H](/C=C/C[C@H](CO[Si](c2ccccc2)(c2ccccc2)C(C)(C)C)O[Si](C)(C)C(C)(C)C)O[Si](C)(C)C(C)(C)C)O[Si](C)(C)C(C)(C)C)O[Si](C)(C)C(C)(C)C)cc1. The first kappa shape index (κ1) is 72.0. The first-order valence-electron chi connectivity index (χ1n) is 30.8. The Kier molecular flexibility index (Phi) is 27.7. The van der Waals surface area contributed by atoms with Crippen LogP contribution in [0.15, 0.2) is 109 Å². The molecule has 0 amide bonds. The molecule has 3 aromatic rings. The number of methoxy groups -OCH3 is 1. The Balaban J connectivity index is 1.90. The van der Waals surface area contributed by atoms with Crippen LogP contribution in [-0.2, 0) is 33.5 Å². The summed E-state index contributed by atoms with van der Waals surface area (Å²) in [4.78, 5) is 0. The molecule has 0 saturated heterocycles. The molecule has 0 N–H and O–H groups in total. The van der Waals surface area contributed by atoms with Crippen LogP contribution in [-0.4, -0.2) is 86.3 Å². The molecule has 3 rings (SSSR count). The molecule has 454 valence electrons. The van der Waals surface area contributed by atoms with Gasteiger partial charge in [-0.15, -0.1) is 0 Å². The first-order chi connectivity index (χ1) is 36.8. The molecule has 7 nitrogen and oxygen atoms in total. The van der Waals surface area contributed by atoms with Gasteiger partial charge in [-0.3, -0.25) is 0 Å². The molecule has 12 heteroatoms. The van der Waals surface area contributed by atoms with Gasteiger partial charge in [0.2, 0.25) is 0 Å². The van der Waals surface area contributed by atoms with Crippen molar-refractivity contribution in [1.29, 1.82) is 0 Å². The Morgan fingerprint density at radius 1 is 0.425 bits per heavy atom. The van der Waals surface area contributed by atoms with Crippen molar-refractivity contribution in [1.82, 2.24) is 0 Å². The van der Waals surface area contributed by atoms with Crippen molar-refractivity contribution in [2.75, 3.05) is 20.3 Å². The van der Waals surface area contributed by atoms with Crippen LogP contribution in [0.4, 0.5) is 0 Å².